The summed E-state index contributed by atoms with van der Waals surface area (Å²) < 4.78 is 62.2. The number of amides is 1. The van der Waals surface area contributed by atoms with Crippen LogP contribution in [-0.2, 0) is 25.0 Å². The van der Waals surface area contributed by atoms with Gasteiger partial charge in [-0.25, -0.2) is 17.2 Å². The normalized spacial score (nSPS) is 19.3. The Labute approximate surface area is 281 Å². The maximum Gasteiger partial charge on any atom is 0.243 e. The van der Waals surface area contributed by atoms with E-state index in [0.29, 0.717) is 40.8 Å². The van der Waals surface area contributed by atoms with Gasteiger partial charge in [0.05, 0.1) is 17.8 Å². The van der Waals surface area contributed by atoms with Gasteiger partial charge in [-0.05, 0) is 98.9 Å². The fourth-order valence-corrected chi connectivity index (χ4v) is 7.22. The molecule has 9 heteroatoms. The molecule has 0 bridgehead atoms. The Balaban J connectivity index is 0.00000294. The highest BCUT2D eigenvalue weighted by molar-refractivity contribution is 7.89. The largest absolute Gasteiger partial charge is 0.490 e. The molecular weight excluding hydrogens is 620 g/mol. The molecule has 1 amide bonds. The zero-order chi connectivity index (χ0) is 35.3. The third-order valence-corrected chi connectivity index (χ3v) is 10.7. The van der Waals surface area contributed by atoms with Gasteiger partial charge < -0.3 is 4.74 Å². The number of hydrogen-bond acceptors (Lipinski definition) is 5. The summed E-state index contributed by atoms with van der Waals surface area (Å²) in [6, 6.07) is 7.87. The summed E-state index contributed by atoms with van der Waals surface area (Å²) in [6.07, 6.45) is 7.94. The van der Waals surface area contributed by atoms with Crippen molar-refractivity contribution in [3.05, 3.63) is 53.1 Å². The number of nitrogens with one attached hydrogen (secondary N) is 1. The number of carbonyl (C=O) groups excluding carboxylic acids is 2. The monoisotopic (exact) mass is 675 g/mol. The van der Waals surface area contributed by atoms with E-state index in [9.17, 15) is 22.4 Å². The first-order valence-electron chi connectivity index (χ1n) is 17.3. The summed E-state index contributed by atoms with van der Waals surface area (Å²) in [6.45, 7) is 15.8. The van der Waals surface area contributed by atoms with E-state index >= 15 is 4.39 Å². The number of benzene rings is 2. The minimum atomic E-state index is -3.79. The van der Waals surface area contributed by atoms with Gasteiger partial charge in [-0.3, -0.25) is 14.3 Å². The van der Waals surface area contributed by atoms with Crippen LogP contribution < -0.4 is 9.46 Å². The number of Topliss-reactive ketones (excluding diaryl/α,β-unsaturated/α-hetero) is 1. The summed E-state index contributed by atoms with van der Waals surface area (Å²) in [5.41, 5.74) is 0.718. The Kier molecular flexibility index (Phi) is 12.8. The minimum absolute atomic E-state index is 0.000569. The van der Waals surface area contributed by atoms with Gasteiger partial charge in [0.2, 0.25) is 15.9 Å². The molecule has 0 spiro atoms. The zero-order valence-corrected chi connectivity index (χ0v) is 30.6. The Morgan fingerprint density at radius 2 is 1.66 bits per heavy atom. The Morgan fingerprint density at radius 1 is 1.00 bits per heavy atom. The van der Waals surface area contributed by atoms with Crippen LogP contribution in [-0.4, -0.2) is 32.5 Å². The second kappa shape index (κ2) is 15.6. The predicted molar refractivity (Wildman–Crippen MR) is 185 cm³/mol. The second-order valence-corrected chi connectivity index (χ2v) is 16.5. The van der Waals surface area contributed by atoms with E-state index in [4.69, 9.17) is 4.74 Å². The molecule has 0 unspecified atom stereocenters. The third-order valence-electron chi connectivity index (χ3n) is 10.1. The molecule has 2 saturated carbocycles. The maximum atomic E-state index is 15.4. The van der Waals surface area contributed by atoms with E-state index in [2.05, 4.69) is 25.5 Å². The minimum Gasteiger partial charge on any atom is -0.490 e. The fourth-order valence-electron chi connectivity index (χ4n) is 6.63. The average molecular weight is 676 g/mol. The zero-order valence-electron chi connectivity index (χ0n) is 29.8. The SMILES string of the molecule is CC.CCC(C)(C)C[C@H](C)C(=O)C[C@@H]1CC[C@@H](Oc2ccc(C(C)(C)C(=O)NS(C)(=O)=O)cc2-c2ccc(F)c(F)c2C2CCC2)C1. The molecule has 47 heavy (non-hydrogen) atoms. The lowest BCUT2D eigenvalue weighted by Crippen LogP contribution is -2.42. The molecule has 2 aliphatic rings. The highest BCUT2D eigenvalue weighted by Gasteiger charge is 2.35. The standard InChI is InChI=1S/C36H49F2NO5S.C2H6/c1-8-35(3,4)21-22(2)30(40)19-23-12-14-26(18-23)44-31-17-13-25(36(5,6)34(41)39-45(7,42)43)20-28(31)27-15-16-29(37)33(38)32(27)24-10-9-11-24;1-2/h13,15-17,20,22-24,26H,8-12,14,18-19,21H2,1-7H3,(H,39,41);1-2H3/t22-,23+,26+;/m0./s1. The quantitative estimate of drug-likeness (QED) is 0.229. The smallest absolute Gasteiger partial charge is 0.243 e. The molecule has 0 aromatic heterocycles. The first-order valence-corrected chi connectivity index (χ1v) is 19.2. The van der Waals surface area contributed by atoms with E-state index in [1.165, 1.54) is 0 Å². The fraction of sp³-hybridized carbons (Fsp3) is 0.632. The van der Waals surface area contributed by atoms with Crippen LogP contribution in [0.25, 0.3) is 11.1 Å². The number of carbonyl (C=O) groups is 2. The van der Waals surface area contributed by atoms with Gasteiger partial charge >= 0.3 is 0 Å². The first-order chi connectivity index (χ1) is 21.9. The van der Waals surface area contributed by atoms with Crippen LogP contribution in [0, 0.1) is 28.9 Å². The lowest BCUT2D eigenvalue weighted by Gasteiger charge is -2.30. The van der Waals surface area contributed by atoms with E-state index in [0.717, 1.165) is 57.3 Å². The van der Waals surface area contributed by atoms with Crippen molar-refractivity contribution in [3.8, 4) is 16.9 Å². The van der Waals surface area contributed by atoms with Crippen molar-refractivity contribution >= 4 is 21.7 Å². The molecule has 0 saturated heterocycles. The lowest BCUT2D eigenvalue weighted by atomic mass is 9.76. The van der Waals surface area contributed by atoms with E-state index < -0.39 is 33.0 Å². The molecule has 0 aliphatic heterocycles. The van der Waals surface area contributed by atoms with Crippen molar-refractivity contribution < 1.29 is 31.5 Å². The molecule has 2 aromatic carbocycles. The number of halogens is 2. The summed E-state index contributed by atoms with van der Waals surface area (Å²) in [4.78, 5) is 26.1. The predicted octanol–water partition coefficient (Wildman–Crippen LogP) is 9.25. The molecular formula is C38H55F2NO5S. The van der Waals surface area contributed by atoms with Crippen molar-refractivity contribution in [2.45, 2.75) is 131 Å². The maximum absolute atomic E-state index is 15.4. The average Bonchev–Trinajstić information content (AvgIpc) is 3.41. The van der Waals surface area contributed by atoms with Crippen LogP contribution in [0.15, 0.2) is 30.3 Å². The Bertz CT molecular complexity index is 1530. The topological polar surface area (TPSA) is 89.5 Å². The number of rotatable bonds is 13. The Hall–Kier alpha value is -2.81. The van der Waals surface area contributed by atoms with Gasteiger partial charge in [-0.2, -0.15) is 0 Å². The van der Waals surface area contributed by atoms with E-state index in [1.54, 1.807) is 38.1 Å². The molecule has 0 radical (unpaired) electrons. The van der Waals surface area contributed by atoms with Crippen molar-refractivity contribution in [3.63, 3.8) is 0 Å². The number of ketones is 1. The van der Waals surface area contributed by atoms with Gasteiger partial charge in [0.1, 0.15) is 11.5 Å². The van der Waals surface area contributed by atoms with Gasteiger partial charge in [0.15, 0.2) is 11.6 Å². The molecule has 2 fully saturated rings. The molecule has 2 aliphatic carbocycles. The summed E-state index contributed by atoms with van der Waals surface area (Å²) in [5, 5.41) is 0. The van der Waals surface area contributed by atoms with E-state index in [-0.39, 0.29) is 35.1 Å². The molecule has 3 atom stereocenters. The van der Waals surface area contributed by atoms with Crippen LogP contribution in [0.4, 0.5) is 8.78 Å². The van der Waals surface area contributed by atoms with Gasteiger partial charge in [-0.1, -0.05) is 66.5 Å². The molecule has 2 aromatic rings. The third kappa shape index (κ3) is 9.64. The van der Waals surface area contributed by atoms with Crippen LogP contribution in [0.3, 0.4) is 0 Å². The lowest BCUT2D eigenvalue weighted by molar-refractivity contribution is -0.124. The van der Waals surface area contributed by atoms with Crippen LogP contribution >= 0.6 is 0 Å². The molecule has 0 heterocycles. The van der Waals surface area contributed by atoms with Crippen molar-refractivity contribution in [2.24, 2.45) is 17.3 Å². The second-order valence-electron chi connectivity index (χ2n) is 14.7. The van der Waals surface area contributed by atoms with Crippen molar-refractivity contribution in [2.75, 3.05) is 6.26 Å². The first kappa shape index (κ1) is 38.6. The van der Waals surface area contributed by atoms with Crippen LogP contribution in [0.1, 0.15) is 130 Å². The Morgan fingerprint density at radius 3 is 2.23 bits per heavy atom. The van der Waals surface area contributed by atoms with Crippen molar-refractivity contribution in [1.29, 1.82) is 0 Å². The molecule has 1 N–H and O–H groups in total. The summed E-state index contributed by atoms with van der Waals surface area (Å²) >= 11 is 0. The van der Waals surface area contributed by atoms with Crippen LogP contribution in [0.5, 0.6) is 5.75 Å². The summed E-state index contributed by atoms with van der Waals surface area (Å²) in [5.74, 6) is -1.63. The molecule has 4 rings (SSSR count). The number of hydrogen-bond donors (Lipinski definition) is 1. The van der Waals surface area contributed by atoms with Crippen LogP contribution in [0.2, 0.25) is 0 Å². The summed E-state index contributed by atoms with van der Waals surface area (Å²) in [7, 11) is -3.79. The number of sulfonamides is 1. The molecule has 6 nitrogen and oxygen atoms in total. The highest BCUT2D eigenvalue weighted by atomic mass is 32.2. The number of ether oxygens (including phenoxy) is 1. The van der Waals surface area contributed by atoms with Gasteiger partial charge in [0, 0.05) is 23.5 Å². The van der Waals surface area contributed by atoms with Crippen molar-refractivity contribution in [1.82, 2.24) is 4.72 Å². The van der Waals surface area contributed by atoms with Gasteiger partial charge in [0.25, 0.3) is 0 Å². The van der Waals surface area contributed by atoms with E-state index in [1.807, 2.05) is 20.8 Å². The molecule has 262 valence electrons. The van der Waals surface area contributed by atoms with Gasteiger partial charge in [-0.15, -0.1) is 0 Å². The highest BCUT2D eigenvalue weighted by Crippen LogP contribution is 2.47.